The van der Waals surface area contributed by atoms with Crippen molar-refractivity contribution >= 4 is 5.91 Å². The minimum atomic E-state index is 0.127. The van der Waals surface area contributed by atoms with Crippen molar-refractivity contribution in [3.8, 4) is 0 Å². The third kappa shape index (κ3) is 4.92. The first-order valence-corrected chi connectivity index (χ1v) is 9.03. The summed E-state index contributed by atoms with van der Waals surface area (Å²) in [6.45, 7) is 8.60. The summed E-state index contributed by atoms with van der Waals surface area (Å²) >= 11 is 0. The van der Waals surface area contributed by atoms with E-state index in [4.69, 9.17) is 4.52 Å². The molecule has 0 saturated carbocycles. The van der Waals surface area contributed by atoms with Gasteiger partial charge in [0.25, 0.3) is 0 Å². The van der Waals surface area contributed by atoms with Crippen LogP contribution >= 0.6 is 0 Å². The van der Waals surface area contributed by atoms with Gasteiger partial charge >= 0.3 is 0 Å². The molecule has 3 rings (SSSR count). The molecular formula is C18H27N5O2. The Morgan fingerprint density at radius 3 is 2.92 bits per heavy atom. The number of hydrogen-bond acceptors (Lipinski definition) is 5. The van der Waals surface area contributed by atoms with Gasteiger partial charge in [-0.3, -0.25) is 14.4 Å². The average molecular weight is 345 g/mol. The van der Waals surface area contributed by atoms with E-state index >= 15 is 0 Å². The van der Waals surface area contributed by atoms with Crippen molar-refractivity contribution in [1.29, 1.82) is 0 Å². The molecule has 1 saturated heterocycles. The minimum absolute atomic E-state index is 0.127. The van der Waals surface area contributed by atoms with E-state index in [1.54, 1.807) is 0 Å². The Morgan fingerprint density at radius 2 is 2.20 bits per heavy atom. The Bertz CT molecular complexity index is 667. The SMILES string of the molecule is Cc1cc(CC(=O)N2CCCN(C(C)CCn3cccn3)CC2)on1. The molecule has 1 amide bonds. The maximum Gasteiger partial charge on any atom is 0.230 e. The Labute approximate surface area is 148 Å². The van der Waals surface area contributed by atoms with Gasteiger partial charge in [0.2, 0.25) is 5.91 Å². The van der Waals surface area contributed by atoms with Gasteiger partial charge in [0.1, 0.15) is 5.76 Å². The van der Waals surface area contributed by atoms with Gasteiger partial charge in [-0.25, -0.2) is 0 Å². The van der Waals surface area contributed by atoms with Crippen LogP contribution in [0.2, 0.25) is 0 Å². The summed E-state index contributed by atoms with van der Waals surface area (Å²) in [4.78, 5) is 16.9. The molecule has 0 radical (unpaired) electrons. The molecule has 136 valence electrons. The van der Waals surface area contributed by atoms with Crippen LogP contribution in [-0.4, -0.2) is 62.9 Å². The molecule has 3 heterocycles. The number of aromatic nitrogens is 3. The lowest BCUT2D eigenvalue weighted by atomic mass is 10.2. The van der Waals surface area contributed by atoms with Crippen LogP contribution in [0.1, 0.15) is 31.2 Å². The molecule has 1 aliphatic rings. The highest BCUT2D eigenvalue weighted by Crippen LogP contribution is 2.12. The van der Waals surface area contributed by atoms with Crippen molar-refractivity contribution in [3.05, 3.63) is 36.0 Å². The lowest BCUT2D eigenvalue weighted by Gasteiger charge is -2.27. The fourth-order valence-corrected chi connectivity index (χ4v) is 3.32. The number of nitrogens with zero attached hydrogens (tertiary/aromatic N) is 5. The van der Waals surface area contributed by atoms with Gasteiger partial charge in [0.15, 0.2) is 0 Å². The van der Waals surface area contributed by atoms with Crippen LogP contribution in [0.15, 0.2) is 29.0 Å². The van der Waals surface area contributed by atoms with Crippen LogP contribution in [0.5, 0.6) is 0 Å². The number of aryl methyl sites for hydroxylation is 2. The maximum atomic E-state index is 12.5. The van der Waals surface area contributed by atoms with Crippen molar-refractivity contribution in [3.63, 3.8) is 0 Å². The standard InChI is InChI=1S/C18H27N5O2/c1-15-13-17(25-20-15)14-18(24)22-8-4-7-21(11-12-22)16(2)5-10-23-9-3-6-19-23/h3,6,9,13,16H,4-5,7-8,10-12,14H2,1-2H3. The van der Waals surface area contributed by atoms with Crippen LogP contribution < -0.4 is 0 Å². The van der Waals surface area contributed by atoms with Crippen molar-refractivity contribution in [2.45, 2.75) is 45.7 Å². The molecular weight excluding hydrogens is 318 g/mol. The Hall–Kier alpha value is -2.15. The van der Waals surface area contributed by atoms with Gasteiger partial charge in [0.05, 0.1) is 12.1 Å². The predicted octanol–water partition coefficient (Wildman–Crippen LogP) is 1.74. The lowest BCUT2D eigenvalue weighted by molar-refractivity contribution is -0.130. The Balaban J connectivity index is 1.46. The van der Waals surface area contributed by atoms with Gasteiger partial charge in [-0.1, -0.05) is 5.16 Å². The third-order valence-corrected chi connectivity index (χ3v) is 4.84. The van der Waals surface area contributed by atoms with E-state index in [2.05, 4.69) is 22.1 Å². The number of carbonyl (C=O) groups is 1. The second-order valence-corrected chi connectivity index (χ2v) is 6.79. The zero-order chi connectivity index (χ0) is 17.6. The molecule has 1 atom stereocenters. The van der Waals surface area contributed by atoms with Gasteiger partial charge in [-0.15, -0.1) is 0 Å². The number of hydrogen-bond donors (Lipinski definition) is 0. The summed E-state index contributed by atoms with van der Waals surface area (Å²) < 4.78 is 7.14. The van der Waals surface area contributed by atoms with E-state index in [0.717, 1.165) is 51.3 Å². The smallest absolute Gasteiger partial charge is 0.230 e. The van der Waals surface area contributed by atoms with Crippen LogP contribution in [0.3, 0.4) is 0 Å². The minimum Gasteiger partial charge on any atom is -0.361 e. The zero-order valence-electron chi connectivity index (χ0n) is 15.1. The van der Waals surface area contributed by atoms with Crippen LogP contribution in [0.25, 0.3) is 0 Å². The molecule has 0 spiro atoms. The second-order valence-electron chi connectivity index (χ2n) is 6.79. The van der Waals surface area contributed by atoms with Gasteiger partial charge in [0, 0.05) is 57.2 Å². The number of amides is 1. The van der Waals surface area contributed by atoms with E-state index in [9.17, 15) is 4.79 Å². The Kier molecular flexibility index (Phi) is 5.86. The molecule has 1 fully saturated rings. The highest BCUT2D eigenvalue weighted by molar-refractivity contribution is 5.78. The molecule has 0 aliphatic carbocycles. The summed E-state index contributed by atoms with van der Waals surface area (Å²) in [5.41, 5.74) is 0.816. The van der Waals surface area contributed by atoms with Crippen molar-refractivity contribution in [1.82, 2.24) is 24.7 Å². The third-order valence-electron chi connectivity index (χ3n) is 4.84. The number of rotatable bonds is 6. The molecule has 1 unspecified atom stereocenters. The van der Waals surface area contributed by atoms with Crippen LogP contribution in [-0.2, 0) is 17.8 Å². The van der Waals surface area contributed by atoms with Crippen molar-refractivity contribution in [2.75, 3.05) is 26.2 Å². The van der Waals surface area contributed by atoms with Gasteiger partial charge in [-0.2, -0.15) is 5.10 Å². The van der Waals surface area contributed by atoms with Crippen molar-refractivity contribution < 1.29 is 9.32 Å². The first-order valence-electron chi connectivity index (χ1n) is 9.03. The van der Waals surface area contributed by atoms with Gasteiger partial charge in [-0.05, 0) is 32.8 Å². The van der Waals surface area contributed by atoms with E-state index in [0.29, 0.717) is 18.2 Å². The molecule has 7 nitrogen and oxygen atoms in total. The largest absolute Gasteiger partial charge is 0.361 e. The highest BCUT2D eigenvalue weighted by atomic mass is 16.5. The molecule has 25 heavy (non-hydrogen) atoms. The summed E-state index contributed by atoms with van der Waals surface area (Å²) in [6.07, 6.45) is 6.19. The van der Waals surface area contributed by atoms with E-state index in [1.165, 1.54) is 0 Å². The lowest BCUT2D eigenvalue weighted by Crippen LogP contribution is -2.39. The maximum absolute atomic E-state index is 12.5. The molecule has 0 N–H and O–H groups in total. The summed E-state index contributed by atoms with van der Waals surface area (Å²) in [6, 6.07) is 4.27. The van der Waals surface area contributed by atoms with E-state index < -0.39 is 0 Å². The quantitative estimate of drug-likeness (QED) is 0.798. The summed E-state index contributed by atoms with van der Waals surface area (Å²) in [5, 5.41) is 8.11. The fraction of sp³-hybridized carbons (Fsp3) is 0.611. The zero-order valence-corrected chi connectivity index (χ0v) is 15.1. The monoisotopic (exact) mass is 345 g/mol. The number of carbonyl (C=O) groups excluding carboxylic acids is 1. The Morgan fingerprint density at radius 1 is 1.32 bits per heavy atom. The van der Waals surface area contributed by atoms with Crippen LogP contribution in [0, 0.1) is 6.92 Å². The molecule has 0 aromatic carbocycles. The van der Waals surface area contributed by atoms with Crippen molar-refractivity contribution in [2.24, 2.45) is 0 Å². The molecule has 0 bridgehead atoms. The van der Waals surface area contributed by atoms with Crippen LogP contribution in [0.4, 0.5) is 0 Å². The molecule has 2 aromatic rings. The highest BCUT2D eigenvalue weighted by Gasteiger charge is 2.22. The molecule has 7 heteroatoms. The average Bonchev–Trinajstić information content (AvgIpc) is 3.18. The predicted molar refractivity (Wildman–Crippen MR) is 94.0 cm³/mol. The molecule has 2 aromatic heterocycles. The summed E-state index contributed by atoms with van der Waals surface area (Å²) in [5.74, 6) is 0.776. The van der Waals surface area contributed by atoms with E-state index in [1.807, 2.05) is 41.0 Å². The van der Waals surface area contributed by atoms with E-state index in [-0.39, 0.29) is 5.91 Å². The molecule has 1 aliphatic heterocycles. The first-order chi connectivity index (χ1) is 12.1. The summed E-state index contributed by atoms with van der Waals surface area (Å²) in [7, 11) is 0. The topological polar surface area (TPSA) is 67.4 Å². The fourth-order valence-electron chi connectivity index (χ4n) is 3.32. The van der Waals surface area contributed by atoms with Gasteiger partial charge < -0.3 is 9.42 Å². The first kappa shape index (κ1) is 17.7. The normalized spacial score (nSPS) is 17.4. The second kappa shape index (κ2) is 8.29.